The van der Waals surface area contributed by atoms with Gasteiger partial charge in [0, 0.05) is 50.0 Å². The van der Waals surface area contributed by atoms with E-state index in [1.54, 1.807) is 0 Å². The summed E-state index contributed by atoms with van der Waals surface area (Å²) in [4.78, 5) is 5.03. The maximum Gasteiger partial charge on any atom is 0.0775 e. The van der Waals surface area contributed by atoms with Crippen molar-refractivity contribution >= 4 is 131 Å². The first-order chi connectivity index (χ1) is 33.2. The number of anilines is 6. The van der Waals surface area contributed by atoms with Gasteiger partial charge in [-0.05, 0) is 90.0 Å². The standard InChI is InChI=1S/C63H69N3Si4/c1-44-20-14-19-25-57(44)66-60-42-58(64(45-26-34-49(35-27-45)67(2,3)4)46-28-36-50(37-29-46)68(5,6)7)53-21-15-17-23-55(53)62(60)63-56-24-18-16-22-54(56)59(43-61(63)66)65(47-30-38-51(39-31-47)69(8,9)10)48-32-40-52(41-33-48)70(11,12)13/h14-43H,1-13H3. The van der Waals surface area contributed by atoms with Crippen LogP contribution in [0.15, 0.2) is 182 Å². The van der Waals surface area contributed by atoms with Gasteiger partial charge in [0.05, 0.1) is 54.7 Å². The average molecular weight is 981 g/mol. The van der Waals surface area contributed by atoms with Crippen LogP contribution in [0.3, 0.4) is 0 Å². The molecule has 0 N–H and O–H groups in total. The molecule has 1 heterocycles. The first-order valence-electron chi connectivity index (χ1n) is 25.2. The highest BCUT2D eigenvalue weighted by molar-refractivity contribution is 6.90. The van der Waals surface area contributed by atoms with E-state index in [4.69, 9.17) is 0 Å². The fourth-order valence-corrected chi connectivity index (χ4v) is 15.1. The van der Waals surface area contributed by atoms with Crippen molar-refractivity contribution in [1.82, 2.24) is 4.57 Å². The number of fused-ring (bicyclic) bond motifs is 7. The van der Waals surface area contributed by atoms with Crippen molar-refractivity contribution in [2.45, 2.75) is 85.5 Å². The summed E-state index contributed by atoms with van der Waals surface area (Å²) in [5.41, 5.74) is 11.8. The predicted molar refractivity (Wildman–Crippen MR) is 322 cm³/mol. The number of nitrogens with zero attached hydrogens (tertiary/aromatic N) is 3. The lowest BCUT2D eigenvalue weighted by molar-refractivity contribution is 1.15. The molecule has 0 fully saturated rings. The second kappa shape index (κ2) is 17.6. The van der Waals surface area contributed by atoms with Crippen LogP contribution >= 0.6 is 0 Å². The monoisotopic (exact) mass is 979 g/mol. The summed E-state index contributed by atoms with van der Waals surface area (Å²) in [6.45, 7) is 31.5. The molecule has 0 atom stereocenters. The van der Waals surface area contributed by atoms with Crippen LogP contribution < -0.4 is 30.5 Å². The normalized spacial score (nSPS) is 12.6. The van der Waals surface area contributed by atoms with Crippen LogP contribution in [0, 0.1) is 6.92 Å². The Hall–Kier alpha value is -6.23. The third-order valence-corrected chi connectivity index (χ3v) is 22.8. The summed E-state index contributed by atoms with van der Waals surface area (Å²) in [5.74, 6) is 0. The fourth-order valence-electron chi connectivity index (χ4n) is 10.4. The minimum atomic E-state index is -1.54. The largest absolute Gasteiger partial charge is 0.310 e. The van der Waals surface area contributed by atoms with Gasteiger partial charge in [-0.25, -0.2) is 0 Å². The Balaban J connectivity index is 1.33. The lowest BCUT2D eigenvalue weighted by Gasteiger charge is -2.29. The molecule has 0 saturated carbocycles. The summed E-state index contributed by atoms with van der Waals surface area (Å²) in [7, 11) is -6.18. The van der Waals surface area contributed by atoms with E-state index in [0.29, 0.717) is 0 Å². The number of para-hydroxylation sites is 1. The molecule has 0 radical (unpaired) electrons. The Morgan fingerprint density at radius 3 is 0.871 bits per heavy atom. The highest BCUT2D eigenvalue weighted by atomic mass is 28.3. The van der Waals surface area contributed by atoms with E-state index in [-0.39, 0.29) is 0 Å². The van der Waals surface area contributed by atoms with E-state index in [1.807, 2.05) is 0 Å². The van der Waals surface area contributed by atoms with Gasteiger partial charge in [-0.15, -0.1) is 0 Å². The molecule has 0 saturated heterocycles. The zero-order chi connectivity index (χ0) is 49.5. The molecule has 0 aliphatic heterocycles. The lowest BCUT2D eigenvalue weighted by atomic mass is 9.96. The smallest absolute Gasteiger partial charge is 0.0775 e. The van der Waals surface area contributed by atoms with E-state index in [2.05, 4.69) is 282 Å². The molecule has 3 nitrogen and oxygen atoms in total. The first-order valence-corrected chi connectivity index (χ1v) is 39.2. The van der Waals surface area contributed by atoms with Gasteiger partial charge in [-0.2, -0.15) is 0 Å². The third-order valence-electron chi connectivity index (χ3n) is 14.5. The van der Waals surface area contributed by atoms with Crippen molar-refractivity contribution < 1.29 is 0 Å². The highest BCUT2D eigenvalue weighted by Gasteiger charge is 2.28. The van der Waals surface area contributed by atoms with Crippen molar-refractivity contribution in [2.75, 3.05) is 9.80 Å². The molecule has 1 aromatic heterocycles. The fraction of sp³-hybridized carbons (Fsp3) is 0.206. The maximum absolute atomic E-state index is 2.58. The van der Waals surface area contributed by atoms with Gasteiger partial charge >= 0.3 is 0 Å². The van der Waals surface area contributed by atoms with Gasteiger partial charge in [0.15, 0.2) is 0 Å². The van der Waals surface area contributed by atoms with Crippen LogP contribution in [0.4, 0.5) is 34.1 Å². The zero-order valence-electron chi connectivity index (χ0n) is 43.7. The molecule has 10 rings (SSSR count). The quantitative estimate of drug-likeness (QED) is 0.120. The molecule has 9 aromatic carbocycles. The minimum absolute atomic E-state index is 1.16. The van der Waals surface area contributed by atoms with E-state index in [1.165, 1.54) is 86.7 Å². The van der Waals surface area contributed by atoms with Crippen molar-refractivity contribution in [2.24, 2.45) is 0 Å². The Morgan fingerprint density at radius 1 is 0.314 bits per heavy atom. The molecule has 0 aliphatic carbocycles. The molecular weight excluding hydrogens is 911 g/mol. The molecule has 352 valence electrons. The Labute approximate surface area is 421 Å². The van der Waals surface area contributed by atoms with Crippen molar-refractivity contribution in [3.8, 4) is 5.69 Å². The second-order valence-corrected chi connectivity index (χ2v) is 44.0. The van der Waals surface area contributed by atoms with Crippen molar-refractivity contribution in [1.29, 1.82) is 0 Å². The summed E-state index contributed by atoms with van der Waals surface area (Å²) >= 11 is 0. The molecule has 10 aromatic rings. The van der Waals surface area contributed by atoms with Gasteiger partial charge in [0.25, 0.3) is 0 Å². The van der Waals surface area contributed by atoms with Gasteiger partial charge in [-0.3, -0.25) is 0 Å². The van der Waals surface area contributed by atoms with Crippen LogP contribution in [0.5, 0.6) is 0 Å². The minimum Gasteiger partial charge on any atom is -0.310 e. The van der Waals surface area contributed by atoms with Crippen molar-refractivity contribution in [3.05, 3.63) is 188 Å². The summed E-state index contributed by atoms with van der Waals surface area (Å²) in [6.07, 6.45) is 0. The van der Waals surface area contributed by atoms with Gasteiger partial charge < -0.3 is 14.4 Å². The average Bonchev–Trinajstić information content (AvgIpc) is 3.65. The number of hydrogen-bond acceptors (Lipinski definition) is 2. The lowest BCUT2D eigenvalue weighted by Crippen LogP contribution is -2.37. The molecule has 0 spiro atoms. The number of rotatable bonds is 11. The van der Waals surface area contributed by atoms with E-state index < -0.39 is 32.3 Å². The Morgan fingerprint density at radius 2 is 0.586 bits per heavy atom. The van der Waals surface area contributed by atoms with E-state index >= 15 is 0 Å². The van der Waals surface area contributed by atoms with Crippen LogP contribution in [0.25, 0.3) is 49.0 Å². The maximum atomic E-state index is 2.58. The highest BCUT2D eigenvalue weighted by Crippen LogP contribution is 2.50. The van der Waals surface area contributed by atoms with Crippen LogP contribution in [-0.2, 0) is 0 Å². The zero-order valence-corrected chi connectivity index (χ0v) is 47.7. The van der Waals surface area contributed by atoms with Crippen LogP contribution in [-0.4, -0.2) is 36.9 Å². The van der Waals surface area contributed by atoms with Gasteiger partial charge in [0.2, 0.25) is 0 Å². The summed E-state index contributed by atoms with van der Waals surface area (Å²) in [6, 6.07) is 70.1. The van der Waals surface area contributed by atoms with Crippen molar-refractivity contribution in [3.63, 3.8) is 0 Å². The topological polar surface area (TPSA) is 11.4 Å². The number of benzene rings is 9. The van der Waals surface area contributed by atoms with Gasteiger partial charge in [-0.1, -0.05) is 215 Å². The summed E-state index contributed by atoms with van der Waals surface area (Å²) < 4.78 is 2.58. The molecule has 0 aliphatic rings. The predicted octanol–water partition coefficient (Wildman–Crippen LogP) is 16.5. The van der Waals surface area contributed by atoms with Crippen LogP contribution in [0.1, 0.15) is 5.56 Å². The second-order valence-electron chi connectivity index (χ2n) is 23.7. The molecular formula is C63H69N3Si4. The molecule has 0 bridgehead atoms. The van der Waals surface area contributed by atoms with E-state index in [9.17, 15) is 0 Å². The van der Waals surface area contributed by atoms with Crippen LogP contribution in [0.2, 0.25) is 78.6 Å². The third kappa shape index (κ3) is 8.61. The first kappa shape index (κ1) is 47.4. The Bertz CT molecular complexity index is 3230. The summed E-state index contributed by atoms with van der Waals surface area (Å²) in [5, 5.41) is 13.3. The molecule has 0 amide bonds. The number of aromatic nitrogens is 1. The SMILES string of the molecule is Cc1ccccc1-n1c2cc(N(c3ccc([Si](C)(C)C)cc3)c3ccc([Si](C)(C)C)cc3)c3ccccc3c2c2c3ccccc3c(N(c3ccc([Si](C)(C)C)cc3)c3ccc([Si](C)(C)C)cc3)cc21. The molecule has 0 unspecified atom stereocenters. The molecule has 7 heteroatoms. The molecule has 70 heavy (non-hydrogen) atoms. The van der Waals surface area contributed by atoms with E-state index in [0.717, 1.165) is 22.7 Å². The number of hydrogen-bond donors (Lipinski definition) is 0. The number of aryl methyl sites for hydroxylation is 1. The van der Waals surface area contributed by atoms with Gasteiger partial charge in [0.1, 0.15) is 0 Å². The Kier molecular flexibility index (Phi) is 11.9.